The summed E-state index contributed by atoms with van der Waals surface area (Å²) in [5.74, 6) is 0.487. The van der Waals surface area contributed by atoms with Crippen LogP contribution in [0.4, 0.5) is 5.69 Å². The summed E-state index contributed by atoms with van der Waals surface area (Å²) >= 11 is 6.02. The quantitative estimate of drug-likeness (QED) is 0.911. The maximum absolute atomic E-state index is 12.2. The molecule has 2 aromatic carbocycles. The third-order valence-electron chi connectivity index (χ3n) is 3.15. The molecule has 3 nitrogen and oxygen atoms in total. The van der Waals surface area contributed by atoms with Crippen LogP contribution in [0, 0.1) is 13.8 Å². The second-order valence-corrected chi connectivity index (χ2v) is 5.41. The molecule has 0 heterocycles. The first-order valence-corrected chi connectivity index (χ1v) is 7.14. The topological polar surface area (TPSA) is 38.3 Å². The van der Waals surface area contributed by atoms with Crippen molar-refractivity contribution < 1.29 is 9.53 Å². The van der Waals surface area contributed by atoms with Gasteiger partial charge in [0.15, 0.2) is 6.10 Å². The number of amides is 1. The number of aryl methyl sites for hydroxylation is 2. The van der Waals surface area contributed by atoms with Crippen LogP contribution in [0.2, 0.25) is 5.02 Å². The van der Waals surface area contributed by atoms with Gasteiger partial charge in [-0.05, 0) is 50.1 Å². The van der Waals surface area contributed by atoms with Crippen molar-refractivity contribution in [3.63, 3.8) is 0 Å². The first kappa shape index (κ1) is 15.4. The number of nitrogens with one attached hydrogen (secondary N) is 1. The average molecular weight is 304 g/mol. The molecule has 0 aliphatic rings. The highest BCUT2D eigenvalue weighted by Gasteiger charge is 2.16. The van der Waals surface area contributed by atoms with Crippen molar-refractivity contribution in [2.24, 2.45) is 0 Å². The van der Waals surface area contributed by atoms with Crippen molar-refractivity contribution in [3.05, 3.63) is 58.6 Å². The van der Waals surface area contributed by atoms with E-state index in [-0.39, 0.29) is 5.91 Å². The smallest absolute Gasteiger partial charge is 0.265 e. The monoisotopic (exact) mass is 303 g/mol. The molecule has 0 aromatic heterocycles. The van der Waals surface area contributed by atoms with Crippen molar-refractivity contribution in [2.75, 3.05) is 5.32 Å². The number of carbonyl (C=O) groups is 1. The van der Waals surface area contributed by atoms with Gasteiger partial charge in [-0.25, -0.2) is 0 Å². The van der Waals surface area contributed by atoms with Gasteiger partial charge in [0.05, 0.1) is 10.7 Å². The van der Waals surface area contributed by atoms with E-state index in [1.165, 1.54) is 0 Å². The van der Waals surface area contributed by atoms with Gasteiger partial charge in [0.25, 0.3) is 5.91 Å². The largest absolute Gasteiger partial charge is 0.481 e. The lowest BCUT2D eigenvalue weighted by Gasteiger charge is -2.17. The van der Waals surface area contributed by atoms with Gasteiger partial charge in [-0.15, -0.1) is 0 Å². The highest BCUT2D eigenvalue weighted by Crippen LogP contribution is 2.23. The van der Waals surface area contributed by atoms with Crippen molar-refractivity contribution in [1.29, 1.82) is 0 Å². The van der Waals surface area contributed by atoms with Crippen LogP contribution in [0.5, 0.6) is 5.75 Å². The number of hydrogen-bond donors (Lipinski definition) is 1. The minimum absolute atomic E-state index is 0.232. The molecule has 0 aliphatic heterocycles. The predicted molar refractivity (Wildman–Crippen MR) is 86.1 cm³/mol. The predicted octanol–water partition coefficient (Wildman–Crippen LogP) is 4.36. The maximum atomic E-state index is 12.2. The molecule has 0 aliphatic carbocycles. The third kappa shape index (κ3) is 3.99. The maximum Gasteiger partial charge on any atom is 0.265 e. The molecule has 1 amide bonds. The lowest BCUT2D eigenvalue weighted by atomic mass is 10.1. The first-order valence-electron chi connectivity index (χ1n) is 6.76. The fourth-order valence-electron chi connectivity index (χ4n) is 1.88. The Morgan fingerprint density at radius 3 is 2.62 bits per heavy atom. The van der Waals surface area contributed by atoms with E-state index in [4.69, 9.17) is 16.3 Å². The van der Waals surface area contributed by atoms with E-state index in [0.717, 1.165) is 16.9 Å². The number of ether oxygens (including phenoxy) is 1. The molecule has 0 saturated carbocycles. The summed E-state index contributed by atoms with van der Waals surface area (Å²) in [7, 11) is 0. The number of anilines is 1. The SMILES string of the molecule is Cc1ccc(C)c(O[C@H](C)C(=O)Nc2ccccc2Cl)c1. The average Bonchev–Trinajstić information content (AvgIpc) is 2.45. The Hall–Kier alpha value is -2.00. The number of halogens is 1. The van der Waals surface area contributed by atoms with Gasteiger partial charge in [-0.1, -0.05) is 35.9 Å². The van der Waals surface area contributed by atoms with E-state index in [1.54, 1.807) is 19.1 Å². The van der Waals surface area contributed by atoms with Gasteiger partial charge >= 0.3 is 0 Å². The zero-order valence-corrected chi connectivity index (χ0v) is 13.1. The summed E-state index contributed by atoms with van der Waals surface area (Å²) in [5, 5.41) is 3.27. The van der Waals surface area contributed by atoms with E-state index in [9.17, 15) is 4.79 Å². The number of rotatable bonds is 4. The number of benzene rings is 2. The molecule has 1 N–H and O–H groups in total. The Kier molecular flexibility index (Phi) is 4.86. The molecule has 0 spiro atoms. The van der Waals surface area contributed by atoms with Crippen molar-refractivity contribution in [1.82, 2.24) is 0 Å². The zero-order chi connectivity index (χ0) is 15.4. The van der Waals surface area contributed by atoms with Gasteiger partial charge in [-0.3, -0.25) is 4.79 Å². The summed E-state index contributed by atoms with van der Waals surface area (Å²) in [6.07, 6.45) is -0.609. The molecule has 4 heteroatoms. The van der Waals surface area contributed by atoms with Crippen LogP contribution in [0.1, 0.15) is 18.1 Å². The fraction of sp³-hybridized carbons (Fsp3) is 0.235. The summed E-state index contributed by atoms with van der Waals surface area (Å²) in [5.41, 5.74) is 2.67. The van der Waals surface area contributed by atoms with E-state index in [0.29, 0.717) is 10.7 Å². The number of para-hydroxylation sites is 1. The Morgan fingerprint density at radius 1 is 1.19 bits per heavy atom. The zero-order valence-electron chi connectivity index (χ0n) is 12.3. The molecule has 0 fully saturated rings. The summed E-state index contributed by atoms with van der Waals surface area (Å²) in [4.78, 5) is 12.2. The molecule has 0 radical (unpaired) electrons. The number of hydrogen-bond acceptors (Lipinski definition) is 2. The minimum atomic E-state index is -0.609. The molecule has 0 unspecified atom stereocenters. The Bertz CT molecular complexity index is 655. The Morgan fingerprint density at radius 2 is 1.90 bits per heavy atom. The van der Waals surface area contributed by atoms with E-state index in [1.807, 2.05) is 44.2 Å². The Labute approximate surface area is 129 Å². The molecule has 2 rings (SSSR count). The van der Waals surface area contributed by atoms with Crippen molar-refractivity contribution in [3.8, 4) is 5.75 Å². The molecule has 1 atom stereocenters. The van der Waals surface area contributed by atoms with Crippen LogP contribution in [0.15, 0.2) is 42.5 Å². The lowest BCUT2D eigenvalue weighted by Crippen LogP contribution is -2.30. The van der Waals surface area contributed by atoms with Gasteiger partial charge in [0, 0.05) is 0 Å². The molecular weight excluding hydrogens is 286 g/mol. The second kappa shape index (κ2) is 6.64. The number of carbonyl (C=O) groups excluding carboxylic acids is 1. The molecular formula is C17H18ClNO2. The summed E-state index contributed by atoms with van der Waals surface area (Å²) < 4.78 is 5.74. The Balaban J connectivity index is 2.06. The standard InChI is InChI=1S/C17H18ClNO2/c1-11-8-9-12(2)16(10-11)21-13(3)17(20)19-15-7-5-4-6-14(15)18/h4-10,13H,1-3H3,(H,19,20)/t13-/m1/s1. The molecule has 110 valence electrons. The summed E-state index contributed by atoms with van der Waals surface area (Å²) in [6, 6.07) is 13.0. The van der Waals surface area contributed by atoms with Gasteiger partial charge < -0.3 is 10.1 Å². The third-order valence-corrected chi connectivity index (χ3v) is 3.48. The molecule has 0 bridgehead atoms. The van der Waals surface area contributed by atoms with E-state index in [2.05, 4.69) is 5.32 Å². The molecule has 2 aromatic rings. The van der Waals surface area contributed by atoms with Gasteiger partial charge in [0.2, 0.25) is 0 Å². The van der Waals surface area contributed by atoms with Crippen molar-refractivity contribution >= 4 is 23.2 Å². The fourth-order valence-corrected chi connectivity index (χ4v) is 2.06. The van der Waals surface area contributed by atoms with Gasteiger partial charge in [-0.2, -0.15) is 0 Å². The molecule has 21 heavy (non-hydrogen) atoms. The van der Waals surface area contributed by atoms with Crippen LogP contribution in [-0.4, -0.2) is 12.0 Å². The molecule has 0 saturated heterocycles. The minimum Gasteiger partial charge on any atom is -0.481 e. The first-order chi connectivity index (χ1) is 9.97. The van der Waals surface area contributed by atoms with Crippen LogP contribution in [0.3, 0.4) is 0 Å². The van der Waals surface area contributed by atoms with E-state index < -0.39 is 6.10 Å². The van der Waals surface area contributed by atoms with E-state index >= 15 is 0 Å². The van der Waals surface area contributed by atoms with Crippen LogP contribution in [-0.2, 0) is 4.79 Å². The van der Waals surface area contributed by atoms with Crippen LogP contribution < -0.4 is 10.1 Å². The lowest BCUT2D eigenvalue weighted by molar-refractivity contribution is -0.122. The van der Waals surface area contributed by atoms with Crippen LogP contribution >= 0.6 is 11.6 Å². The normalized spacial score (nSPS) is 11.8. The highest BCUT2D eigenvalue weighted by atomic mass is 35.5. The van der Waals surface area contributed by atoms with Gasteiger partial charge in [0.1, 0.15) is 5.75 Å². The van der Waals surface area contributed by atoms with Crippen LogP contribution in [0.25, 0.3) is 0 Å². The second-order valence-electron chi connectivity index (χ2n) is 5.00. The summed E-state index contributed by atoms with van der Waals surface area (Å²) in [6.45, 7) is 5.65. The van der Waals surface area contributed by atoms with Crippen molar-refractivity contribution in [2.45, 2.75) is 26.9 Å². The highest BCUT2D eigenvalue weighted by molar-refractivity contribution is 6.33.